The number of nitrogens with zero attached hydrogens (tertiary/aromatic N) is 2. The van der Waals surface area contributed by atoms with Crippen LogP contribution in [-0.4, -0.2) is 50.0 Å². The maximum Gasteiger partial charge on any atom is 0.152 e. The Morgan fingerprint density at radius 3 is 2.95 bits per heavy atom. The molecular formula is C13H23N3O3S. The van der Waals surface area contributed by atoms with E-state index in [0.29, 0.717) is 13.0 Å². The van der Waals surface area contributed by atoms with Gasteiger partial charge in [-0.2, -0.15) is 5.10 Å². The van der Waals surface area contributed by atoms with Gasteiger partial charge in [0.15, 0.2) is 9.84 Å². The van der Waals surface area contributed by atoms with Crippen molar-refractivity contribution in [2.75, 3.05) is 31.8 Å². The lowest BCUT2D eigenvalue weighted by atomic mass is 10.2. The van der Waals surface area contributed by atoms with Gasteiger partial charge in [-0.3, -0.25) is 4.68 Å². The highest BCUT2D eigenvalue weighted by atomic mass is 32.2. The molecule has 1 N–H and O–H groups in total. The summed E-state index contributed by atoms with van der Waals surface area (Å²) in [7, 11) is -1.20. The van der Waals surface area contributed by atoms with Crippen LogP contribution in [0.1, 0.15) is 30.6 Å². The number of hydrogen-bond acceptors (Lipinski definition) is 5. The van der Waals surface area contributed by atoms with Crippen molar-refractivity contribution in [3.8, 4) is 0 Å². The topological polar surface area (TPSA) is 73.2 Å². The summed E-state index contributed by atoms with van der Waals surface area (Å²) in [6.45, 7) is 4.29. The van der Waals surface area contributed by atoms with Crippen LogP contribution in [-0.2, 0) is 27.5 Å². The highest BCUT2D eigenvalue weighted by Gasteiger charge is 2.31. The third kappa shape index (κ3) is 3.59. The SMILES string of the molecule is CCc1c(CNCCOC)cnn1C1CCS(=O)(=O)C1. The molecule has 1 aliphatic heterocycles. The minimum Gasteiger partial charge on any atom is -0.383 e. The van der Waals surface area contributed by atoms with Crippen LogP contribution >= 0.6 is 0 Å². The Hall–Kier alpha value is -0.920. The van der Waals surface area contributed by atoms with Gasteiger partial charge in [-0.15, -0.1) is 0 Å². The van der Waals surface area contributed by atoms with E-state index in [1.807, 2.05) is 10.9 Å². The van der Waals surface area contributed by atoms with Crippen molar-refractivity contribution < 1.29 is 13.2 Å². The summed E-state index contributed by atoms with van der Waals surface area (Å²) < 4.78 is 30.1. The monoisotopic (exact) mass is 301 g/mol. The highest BCUT2D eigenvalue weighted by Crippen LogP contribution is 2.25. The van der Waals surface area contributed by atoms with E-state index in [4.69, 9.17) is 4.74 Å². The second-order valence-corrected chi connectivity index (χ2v) is 7.37. The fraction of sp³-hybridized carbons (Fsp3) is 0.769. The lowest BCUT2D eigenvalue weighted by Gasteiger charge is -2.13. The third-order valence-electron chi connectivity index (χ3n) is 3.67. The van der Waals surface area contributed by atoms with Gasteiger partial charge in [0.25, 0.3) is 0 Å². The molecule has 1 aromatic rings. The Morgan fingerprint density at radius 2 is 2.35 bits per heavy atom. The van der Waals surface area contributed by atoms with Crippen molar-refractivity contribution in [3.05, 3.63) is 17.5 Å². The molecule has 1 aromatic heterocycles. The standard InChI is InChI=1S/C13H23N3O3S/c1-3-13-11(8-14-5-6-19-2)9-15-16(13)12-4-7-20(17,18)10-12/h9,12,14H,3-8,10H2,1-2H3. The number of aromatic nitrogens is 2. The Labute approximate surface area is 120 Å². The fourth-order valence-corrected chi connectivity index (χ4v) is 4.33. The van der Waals surface area contributed by atoms with Crippen LogP contribution in [0, 0.1) is 0 Å². The molecule has 0 bridgehead atoms. The molecule has 0 amide bonds. The molecule has 7 heteroatoms. The largest absolute Gasteiger partial charge is 0.383 e. The number of methoxy groups -OCH3 is 1. The molecule has 0 aromatic carbocycles. The van der Waals surface area contributed by atoms with Crippen molar-refractivity contribution in [3.63, 3.8) is 0 Å². The number of nitrogens with one attached hydrogen (secondary N) is 1. The molecule has 0 aliphatic carbocycles. The van der Waals surface area contributed by atoms with Crippen molar-refractivity contribution in [1.29, 1.82) is 0 Å². The van der Waals surface area contributed by atoms with E-state index in [2.05, 4.69) is 17.3 Å². The maximum absolute atomic E-state index is 11.6. The van der Waals surface area contributed by atoms with Gasteiger partial charge in [-0.1, -0.05) is 6.92 Å². The summed E-state index contributed by atoms with van der Waals surface area (Å²) in [5, 5.41) is 7.72. The predicted molar refractivity (Wildman–Crippen MR) is 77.5 cm³/mol. The number of ether oxygens (including phenoxy) is 1. The molecule has 1 saturated heterocycles. The van der Waals surface area contributed by atoms with Gasteiger partial charge in [0.2, 0.25) is 0 Å². The Kier molecular flexibility index (Phi) is 5.17. The molecule has 0 spiro atoms. The van der Waals surface area contributed by atoms with E-state index in [0.717, 1.165) is 30.8 Å². The van der Waals surface area contributed by atoms with E-state index in [1.165, 1.54) is 0 Å². The van der Waals surface area contributed by atoms with E-state index in [-0.39, 0.29) is 17.5 Å². The normalized spacial score (nSPS) is 21.4. The molecule has 0 saturated carbocycles. The molecule has 1 unspecified atom stereocenters. The Morgan fingerprint density at radius 1 is 1.55 bits per heavy atom. The fourth-order valence-electron chi connectivity index (χ4n) is 2.64. The molecule has 20 heavy (non-hydrogen) atoms. The van der Waals surface area contributed by atoms with Crippen molar-refractivity contribution in [2.45, 2.75) is 32.4 Å². The first-order valence-corrected chi connectivity index (χ1v) is 8.85. The van der Waals surface area contributed by atoms with Gasteiger partial charge < -0.3 is 10.1 Å². The molecule has 2 heterocycles. The average molecular weight is 301 g/mol. The van der Waals surface area contributed by atoms with E-state index >= 15 is 0 Å². The van der Waals surface area contributed by atoms with Crippen molar-refractivity contribution in [2.24, 2.45) is 0 Å². The molecular weight excluding hydrogens is 278 g/mol. The Bertz CT molecular complexity index is 539. The first kappa shape index (κ1) is 15.5. The van der Waals surface area contributed by atoms with Crippen LogP contribution in [0.2, 0.25) is 0 Å². The molecule has 6 nitrogen and oxygen atoms in total. The van der Waals surface area contributed by atoms with Gasteiger partial charge in [-0.25, -0.2) is 8.42 Å². The van der Waals surface area contributed by atoms with E-state index in [9.17, 15) is 8.42 Å². The number of rotatable bonds is 7. The molecule has 0 radical (unpaired) electrons. The molecule has 1 aliphatic rings. The zero-order chi connectivity index (χ0) is 14.6. The second-order valence-electron chi connectivity index (χ2n) is 5.14. The second kappa shape index (κ2) is 6.69. The minimum atomic E-state index is -2.88. The summed E-state index contributed by atoms with van der Waals surface area (Å²) in [4.78, 5) is 0. The summed E-state index contributed by atoms with van der Waals surface area (Å²) in [5.74, 6) is 0.500. The quantitative estimate of drug-likeness (QED) is 0.744. The number of hydrogen-bond donors (Lipinski definition) is 1. The minimum absolute atomic E-state index is 0.00248. The van der Waals surface area contributed by atoms with Gasteiger partial charge in [0.1, 0.15) is 0 Å². The number of sulfone groups is 1. The zero-order valence-electron chi connectivity index (χ0n) is 12.1. The van der Waals surface area contributed by atoms with Crippen LogP contribution in [0.5, 0.6) is 0 Å². The first-order chi connectivity index (χ1) is 9.57. The molecule has 2 rings (SSSR count). The van der Waals surface area contributed by atoms with Gasteiger partial charge in [-0.05, 0) is 12.8 Å². The summed E-state index contributed by atoms with van der Waals surface area (Å²) in [6.07, 6.45) is 3.38. The highest BCUT2D eigenvalue weighted by molar-refractivity contribution is 7.91. The van der Waals surface area contributed by atoms with E-state index < -0.39 is 9.84 Å². The predicted octanol–water partition coefficient (Wildman–Crippen LogP) is 0.541. The van der Waals surface area contributed by atoms with Crippen LogP contribution < -0.4 is 5.32 Å². The molecule has 1 atom stereocenters. The van der Waals surface area contributed by atoms with Crippen molar-refractivity contribution in [1.82, 2.24) is 15.1 Å². The van der Waals surface area contributed by atoms with Crippen LogP contribution in [0.25, 0.3) is 0 Å². The van der Waals surface area contributed by atoms with Crippen molar-refractivity contribution >= 4 is 9.84 Å². The average Bonchev–Trinajstić information content (AvgIpc) is 2.97. The maximum atomic E-state index is 11.6. The summed E-state index contributed by atoms with van der Waals surface area (Å²) in [5.41, 5.74) is 2.28. The molecule has 1 fully saturated rings. The molecule has 114 valence electrons. The van der Waals surface area contributed by atoms with E-state index in [1.54, 1.807) is 7.11 Å². The van der Waals surface area contributed by atoms with Gasteiger partial charge >= 0.3 is 0 Å². The summed E-state index contributed by atoms with van der Waals surface area (Å²) in [6, 6.07) is 0.00248. The van der Waals surface area contributed by atoms with Gasteiger partial charge in [0.05, 0.1) is 30.4 Å². The van der Waals surface area contributed by atoms with Crippen LogP contribution in [0.3, 0.4) is 0 Å². The first-order valence-electron chi connectivity index (χ1n) is 7.02. The zero-order valence-corrected chi connectivity index (χ0v) is 12.9. The van der Waals surface area contributed by atoms with Gasteiger partial charge in [0, 0.05) is 31.5 Å². The lowest BCUT2D eigenvalue weighted by Crippen LogP contribution is -2.20. The smallest absolute Gasteiger partial charge is 0.152 e. The summed E-state index contributed by atoms with van der Waals surface area (Å²) >= 11 is 0. The van der Waals surface area contributed by atoms with Crippen LogP contribution in [0.4, 0.5) is 0 Å². The Balaban J connectivity index is 2.05. The third-order valence-corrected chi connectivity index (χ3v) is 5.42. The lowest BCUT2D eigenvalue weighted by molar-refractivity contribution is 0.199. The van der Waals surface area contributed by atoms with Crippen LogP contribution in [0.15, 0.2) is 6.20 Å².